The number of hydrogen-bond donors (Lipinski definition) is 1. The first-order chi connectivity index (χ1) is 16.8. The van der Waals surface area contributed by atoms with Gasteiger partial charge in [-0.15, -0.1) is 0 Å². The molecule has 0 fully saturated rings. The van der Waals surface area contributed by atoms with Gasteiger partial charge in [-0.05, 0) is 66.4 Å². The molecule has 4 aromatic rings. The van der Waals surface area contributed by atoms with Crippen molar-refractivity contribution in [1.82, 2.24) is 9.55 Å². The highest BCUT2D eigenvalue weighted by Crippen LogP contribution is 2.31. The molecule has 180 valence electrons. The van der Waals surface area contributed by atoms with Crippen molar-refractivity contribution in [2.24, 2.45) is 0 Å². The lowest BCUT2D eigenvalue weighted by Crippen LogP contribution is -2.24. The van der Waals surface area contributed by atoms with Gasteiger partial charge in [-0.25, -0.2) is 9.78 Å². The van der Waals surface area contributed by atoms with E-state index in [2.05, 4.69) is 17.6 Å². The minimum atomic E-state index is -0.936. The number of fused-ring (bicyclic) bond motifs is 1. The zero-order chi connectivity index (χ0) is 25.1. The first-order valence-electron chi connectivity index (χ1n) is 12.1. The van der Waals surface area contributed by atoms with Gasteiger partial charge >= 0.3 is 5.97 Å². The van der Waals surface area contributed by atoms with E-state index in [1.165, 1.54) is 0 Å². The van der Waals surface area contributed by atoms with Crippen LogP contribution in [0.15, 0.2) is 60.7 Å². The topological polar surface area (TPSA) is 75.4 Å². The summed E-state index contributed by atoms with van der Waals surface area (Å²) < 4.78 is 2.18. The van der Waals surface area contributed by atoms with Gasteiger partial charge in [0.2, 0.25) is 5.91 Å². The Morgan fingerprint density at radius 1 is 1.00 bits per heavy atom. The van der Waals surface area contributed by atoms with E-state index in [9.17, 15) is 14.7 Å². The number of amides is 1. The van der Waals surface area contributed by atoms with Gasteiger partial charge in [0.15, 0.2) is 0 Å². The first-order valence-corrected chi connectivity index (χ1v) is 12.1. The fourth-order valence-corrected chi connectivity index (χ4v) is 4.49. The number of benzene rings is 3. The lowest BCUT2D eigenvalue weighted by atomic mass is 9.95. The van der Waals surface area contributed by atoms with Crippen molar-refractivity contribution in [2.75, 3.05) is 11.9 Å². The van der Waals surface area contributed by atoms with Gasteiger partial charge in [0.1, 0.15) is 5.82 Å². The lowest BCUT2D eigenvalue weighted by Gasteiger charge is -2.17. The molecule has 35 heavy (non-hydrogen) atoms. The number of carboxylic acids is 1. The zero-order valence-electron chi connectivity index (χ0n) is 20.7. The van der Waals surface area contributed by atoms with Crippen LogP contribution >= 0.6 is 0 Å². The maximum absolute atomic E-state index is 12.2. The van der Waals surface area contributed by atoms with Crippen LogP contribution in [0.3, 0.4) is 0 Å². The molecule has 0 aliphatic heterocycles. The molecule has 0 bridgehead atoms. The number of anilines is 1. The summed E-state index contributed by atoms with van der Waals surface area (Å²) in [5.74, 6) is 0.0956. The molecule has 0 unspecified atom stereocenters. The average Bonchev–Trinajstić information content (AvgIpc) is 3.23. The second kappa shape index (κ2) is 10.1. The highest BCUT2D eigenvalue weighted by molar-refractivity contribution is 5.97. The minimum Gasteiger partial charge on any atom is -0.478 e. The van der Waals surface area contributed by atoms with Crippen LogP contribution in [0.2, 0.25) is 0 Å². The van der Waals surface area contributed by atoms with E-state index in [1.54, 1.807) is 24.1 Å². The zero-order valence-corrected chi connectivity index (χ0v) is 20.7. The number of aromatic nitrogens is 2. The number of aryl methyl sites for hydroxylation is 2. The monoisotopic (exact) mass is 469 g/mol. The van der Waals surface area contributed by atoms with E-state index in [0.717, 1.165) is 58.6 Å². The summed E-state index contributed by atoms with van der Waals surface area (Å²) >= 11 is 0. The Balaban J connectivity index is 1.83. The van der Waals surface area contributed by atoms with Crippen molar-refractivity contribution in [3.05, 3.63) is 77.6 Å². The quantitative estimate of drug-likeness (QED) is 0.323. The molecule has 1 heterocycles. The molecule has 1 aromatic heterocycles. The second-order valence-corrected chi connectivity index (χ2v) is 8.80. The average molecular weight is 470 g/mol. The molecule has 1 amide bonds. The molecule has 6 heteroatoms. The largest absolute Gasteiger partial charge is 0.478 e. The van der Waals surface area contributed by atoms with Crippen LogP contribution in [-0.4, -0.2) is 33.6 Å². The predicted molar refractivity (Wildman–Crippen MR) is 141 cm³/mol. The van der Waals surface area contributed by atoms with Gasteiger partial charge < -0.3 is 10.0 Å². The molecular weight excluding hydrogens is 438 g/mol. The van der Waals surface area contributed by atoms with E-state index in [1.807, 2.05) is 56.3 Å². The lowest BCUT2D eigenvalue weighted by molar-refractivity contribution is -0.118. The molecule has 0 atom stereocenters. The van der Waals surface area contributed by atoms with Gasteiger partial charge in [0, 0.05) is 31.3 Å². The molecule has 3 aromatic carbocycles. The third-order valence-corrected chi connectivity index (χ3v) is 6.44. The number of rotatable bonds is 8. The van der Waals surface area contributed by atoms with Crippen LogP contribution in [0.25, 0.3) is 27.8 Å². The summed E-state index contributed by atoms with van der Waals surface area (Å²) in [6.45, 7) is 6.02. The van der Waals surface area contributed by atoms with Crippen molar-refractivity contribution in [3.63, 3.8) is 0 Å². The van der Waals surface area contributed by atoms with Crippen LogP contribution < -0.4 is 4.90 Å². The van der Waals surface area contributed by atoms with Crippen molar-refractivity contribution >= 4 is 28.6 Å². The molecule has 0 spiro atoms. The highest BCUT2D eigenvalue weighted by atomic mass is 16.4. The number of aromatic carboxylic acids is 1. The third kappa shape index (κ3) is 4.69. The van der Waals surface area contributed by atoms with E-state index in [-0.39, 0.29) is 5.91 Å². The van der Waals surface area contributed by atoms with Gasteiger partial charge in [0.25, 0.3) is 0 Å². The molecule has 1 N–H and O–H groups in total. The predicted octanol–water partition coefficient (Wildman–Crippen LogP) is 6.41. The Labute approximate surface area is 205 Å². The third-order valence-electron chi connectivity index (χ3n) is 6.44. The Kier molecular flexibility index (Phi) is 7.01. The van der Waals surface area contributed by atoms with Gasteiger partial charge in [-0.2, -0.15) is 0 Å². The van der Waals surface area contributed by atoms with Gasteiger partial charge in [0.05, 0.1) is 16.6 Å². The Morgan fingerprint density at radius 3 is 2.46 bits per heavy atom. The van der Waals surface area contributed by atoms with Crippen LogP contribution in [-0.2, 0) is 11.2 Å². The van der Waals surface area contributed by atoms with Crippen LogP contribution in [0, 0.1) is 6.92 Å². The number of unbranched alkanes of at least 4 members (excludes halogenated alkanes) is 1. The number of carboxylic acid groups (broad SMARTS) is 1. The summed E-state index contributed by atoms with van der Waals surface area (Å²) in [6.07, 6.45) is 3.37. The first kappa shape index (κ1) is 24.2. The normalized spacial score (nSPS) is 11.1. The summed E-state index contributed by atoms with van der Waals surface area (Å²) in [4.78, 5) is 30.6. The molecule has 6 nitrogen and oxygen atoms in total. The fourth-order valence-electron chi connectivity index (χ4n) is 4.49. The van der Waals surface area contributed by atoms with E-state index >= 15 is 0 Å². The van der Waals surface area contributed by atoms with Crippen molar-refractivity contribution < 1.29 is 14.7 Å². The highest BCUT2D eigenvalue weighted by Gasteiger charge is 2.17. The number of nitrogens with zero attached hydrogens (tertiary/aromatic N) is 3. The minimum absolute atomic E-state index is 0.0582. The maximum Gasteiger partial charge on any atom is 0.336 e. The Hall–Kier alpha value is -3.93. The van der Waals surface area contributed by atoms with Crippen LogP contribution in [0.1, 0.15) is 54.9 Å². The number of carbonyl (C=O) groups excluding carboxylic acids is 1. The maximum atomic E-state index is 12.2. The SMILES string of the molecule is CCCCc1nc2cc(N(C)C(=O)CC)ccc2n1-c1ccc(-c2ccccc2C(=O)O)c(C)c1. The number of hydrogen-bond acceptors (Lipinski definition) is 3. The number of imidazole rings is 1. The summed E-state index contributed by atoms with van der Waals surface area (Å²) in [5, 5.41) is 9.63. The summed E-state index contributed by atoms with van der Waals surface area (Å²) in [7, 11) is 1.79. The van der Waals surface area contributed by atoms with Crippen molar-refractivity contribution in [3.8, 4) is 16.8 Å². The Morgan fingerprint density at radius 2 is 1.77 bits per heavy atom. The van der Waals surface area contributed by atoms with Crippen molar-refractivity contribution in [2.45, 2.75) is 46.5 Å². The van der Waals surface area contributed by atoms with E-state index in [0.29, 0.717) is 17.5 Å². The summed E-state index contributed by atoms with van der Waals surface area (Å²) in [5.41, 5.74) is 6.53. The molecule has 0 radical (unpaired) electrons. The molecule has 0 aliphatic rings. The van der Waals surface area contributed by atoms with Crippen LogP contribution in [0.4, 0.5) is 5.69 Å². The smallest absolute Gasteiger partial charge is 0.336 e. The van der Waals surface area contributed by atoms with Crippen molar-refractivity contribution in [1.29, 1.82) is 0 Å². The van der Waals surface area contributed by atoms with Crippen LogP contribution in [0.5, 0.6) is 0 Å². The summed E-state index contributed by atoms with van der Waals surface area (Å²) in [6, 6.07) is 19.1. The fraction of sp³-hybridized carbons (Fsp3) is 0.276. The van der Waals surface area contributed by atoms with E-state index < -0.39 is 5.97 Å². The molecular formula is C29H31N3O3. The van der Waals surface area contributed by atoms with Gasteiger partial charge in [-0.3, -0.25) is 9.36 Å². The molecule has 0 saturated carbocycles. The van der Waals surface area contributed by atoms with E-state index in [4.69, 9.17) is 4.98 Å². The molecule has 0 saturated heterocycles. The van der Waals surface area contributed by atoms with Gasteiger partial charge in [-0.1, -0.05) is 44.5 Å². The number of carbonyl (C=O) groups is 2. The second-order valence-electron chi connectivity index (χ2n) is 8.80. The molecule has 4 rings (SSSR count). The standard InChI is InChI=1S/C29H31N3O3/c1-5-7-12-27-30-25-18-20(31(4)28(33)6-2)14-16-26(25)32(27)21-13-15-22(19(3)17-21)23-10-8-9-11-24(23)29(34)35/h8-11,13-18H,5-7,12H2,1-4H3,(H,34,35). The molecule has 0 aliphatic carbocycles. The Bertz CT molecular complexity index is 1400.